The molecule has 2 aromatic rings. The lowest BCUT2D eigenvalue weighted by atomic mass is 9.71. The molecule has 3 unspecified atom stereocenters. The van der Waals surface area contributed by atoms with Crippen LogP contribution in [0.15, 0.2) is 42.5 Å². The largest absolute Gasteiger partial charge is 0.490 e. The van der Waals surface area contributed by atoms with Gasteiger partial charge < -0.3 is 15.2 Å². The second kappa shape index (κ2) is 7.46. The molecule has 0 radical (unpaired) electrons. The first-order valence-corrected chi connectivity index (χ1v) is 9.92. The van der Waals surface area contributed by atoms with Crippen LogP contribution in [0.2, 0.25) is 0 Å². The predicted octanol–water partition coefficient (Wildman–Crippen LogP) is 4.21. The topological polar surface area (TPSA) is 61.6 Å². The number of hydrogen-bond donors (Lipinski definition) is 1. The summed E-state index contributed by atoms with van der Waals surface area (Å²) in [4.78, 5) is 12.2. The van der Waals surface area contributed by atoms with E-state index in [9.17, 15) is 9.18 Å². The molecule has 5 heteroatoms. The molecule has 2 aliphatic rings. The smallest absolute Gasteiger partial charge is 0.224 e. The molecule has 1 fully saturated rings. The van der Waals surface area contributed by atoms with Crippen LogP contribution in [-0.4, -0.2) is 19.1 Å². The van der Waals surface area contributed by atoms with Gasteiger partial charge in [-0.1, -0.05) is 13.0 Å². The van der Waals surface area contributed by atoms with Crippen molar-refractivity contribution >= 4 is 5.91 Å². The third-order valence-corrected chi connectivity index (χ3v) is 6.50. The van der Waals surface area contributed by atoms with Crippen LogP contribution in [-0.2, 0) is 11.2 Å². The third kappa shape index (κ3) is 3.46. The van der Waals surface area contributed by atoms with Gasteiger partial charge in [0, 0.05) is 0 Å². The van der Waals surface area contributed by atoms with E-state index in [2.05, 4.69) is 19.1 Å². The van der Waals surface area contributed by atoms with Crippen molar-refractivity contribution in [2.45, 2.75) is 38.5 Å². The third-order valence-electron chi connectivity index (χ3n) is 6.50. The van der Waals surface area contributed by atoms with E-state index < -0.39 is 5.41 Å². The summed E-state index contributed by atoms with van der Waals surface area (Å²) in [5.74, 6) is 1.62. The van der Waals surface area contributed by atoms with Crippen molar-refractivity contribution < 1.29 is 18.7 Å². The van der Waals surface area contributed by atoms with Gasteiger partial charge in [0.05, 0.1) is 5.41 Å². The number of rotatable bonds is 6. The van der Waals surface area contributed by atoms with Gasteiger partial charge in [0.2, 0.25) is 5.91 Å². The molecular formula is C23H26FNO3. The Balaban J connectivity index is 1.42. The van der Waals surface area contributed by atoms with Gasteiger partial charge in [0.1, 0.15) is 30.5 Å². The Morgan fingerprint density at radius 1 is 1.14 bits per heavy atom. The molecule has 0 saturated heterocycles. The molecule has 4 rings (SSSR count). The summed E-state index contributed by atoms with van der Waals surface area (Å²) in [6.45, 7) is 2.92. The Labute approximate surface area is 164 Å². The van der Waals surface area contributed by atoms with Crippen molar-refractivity contribution in [3.8, 4) is 11.5 Å². The van der Waals surface area contributed by atoms with Gasteiger partial charge in [-0.15, -0.1) is 0 Å². The quantitative estimate of drug-likeness (QED) is 0.760. The number of halogens is 1. The normalized spacial score (nSPS) is 25.6. The Kier molecular flexibility index (Phi) is 5.00. The summed E-state index contributed by atoms with van der Waals surface area (Å²) in [7, 11) is 0. The van der Waals surface area contributed by atoms with Crippen molar-refractivity contribution in [3.63, 3.8) is 0 Å². The SMILES string of the molecule is CC1c2ccc(OCCOc3ccc(F)cc3)cc2CC2CCC1(C(N)=O)C2. The highest BCUT2D eigenvalue weighted by Gasteiger charge is 2.50. The summed E-state index contributed by atoms with van der Waals surface area (Å²) >= 11 is 0. The first-order valence-electron chi connectivity index (χ1n) is 9.92. The number of carbonyl (C=O) groups is 1. The van der Waals surface area contributed by atoms with Gasteiger partial charge in [0.25, 0.3) is 0 Å². The molecule has 1 amide bonds. The highest BCUT2D eigenvalue weighted by atomic mass is 19.1. The Hall–Kier alpha value is -2.56. The molecule has 0 aliphatic heterocycles. The lowest BCUT2D eigenvalue weighted by Crippen LogP contribution is -2.39. The van der Waals surface area contributed by atoms with Crippen LogP contribution in [0, 0.1) is 17.2 Å². The Bertz CT molecular complexity index is 867. The Morgan fingerprint density at radius 3 is 2.54 bits per heavy atom. The monoisotopic (exact) mass is 383 g/mol. The van der Waals surface area contributed by atoms with Gasteiger partial charge in [-0.25, -0.2) is 4.39 Å². The summed E-state index contributed by atoms with van der Waals surface area (Å²) in [6, 6.07) is 12.1. The molecule has 2 bridgehead atoms. The summed E-state index contributed by atoms with van der Waals surface area (Å²) in [5, 5.41) is 0. The first kappa shape index (κ1) is 18.8. The van der Waals surface area contributed by atoms with E-state index in [1.165, 1.54) is 23.3 Å². The molecule has 2 N–H and O–H groups in total. The number of benzene rings is 2. The maximum absolute atomic E-state index is 12.9. The fourth-order valence-electron chi connectivity index (χ4n) is 4.92. The Morgan fingerprint density at radius 2 is 1.82 bits per heavy atom. The summed E-state index contributed by atoms with van der Waals surface area (Å²) in [5.41, 5.74) is 7.90. The molecule has 0 spiro atoms. The summed E-state index contributed by atoms with van der Waals surface area (Å²) < 4.78 is 24.3. The highest BCUT2D eigenvalue weighted by molar-refractivity contribution is 5.82. The number of carbonyl (C=O) groups excluding carboxylic acids is 1. The minimum Gasteiger partial charge on any atom is -0.490 e. The molecule has 2 aliphatic carbocycles. The van der Waals surface area contributed by atoms with E-state index in [0.29, 0.717) is 24.9 Å². The molecule has 3 atom stereocenters. The lowest BCUT2D eigenvalue weighted by molar-refractivity contribution is -0.128. The molecule has 4 nitrogen and oxygen atoms in total. The molecule has 28 heavy (non-hydrogen) atoms. The van der Waals surface area contributed by atoms with Crippen molar-refractivity contribution in [3.05, 3.63) is 59.4 Å². The number of nitrogens with two attached hydrogens (primary N) is 1. The molecule has 2 aromatic carbocycles. The van der Waals surface area contributed by atoms with Crippen LogP contribution in [0.3, 0.4) is 0 Å². The van der Waals surface area contributed by atoms with Gasteiger partial charge in [-0.2, -0.15) is 0 Å². The van der Waals surface area contributed by atoms with Crippen molar-refractivity contribution in [1.29, 1.82) is 0 Å². The minimum absolute atomic E-state index is 0.128. The van der Waals surface area contributed by atoms with Gasteiger partial charge in [-0.05, 0) is 85.0 Å². The second-order valence-corrected chi connectivity index (χ2v) is 8.07. The van der Waals surface area contributed by atoms with Crippen molar-refractivity contribution in [2.24, 2.45) is 17.1 Å². The van der Waals surface area contributed by atoms with E-state index in [4.69, 9.17) is 15.2 Å². The fourth-order valence-corrected chi connectivity index (χ4v) is 4.92. The van der Waals surface area contributed by atoms with Crippen LogP contribution in [0.1, 0.15) is 43.2 Å². The zero-order chi connectivity index (χ0) is 19.7. The molecular weight excluding hydrogens is 357 g/mol. The number of ether oxygens (including phenoxy) is 2. The average Bonchev–Trinajstić information content (AvgIpc) is 3.06. The van der Waals surface area contributed by atoms with Gasteiger partial charge >= 0.3 is 0 Å². The number of primary amides is 1. The average molecular weight is 383 g/mol. The van der Waals surface area contributed by atoms with E-state index >= 15 is 0 Å². The highest BCUT2D eigenvalue weighted by Crippen LogP contribution is 2.55. The van der Waals surface area contributed by atoms with Crippen molar-refractivity contribution in [1.82, 2.24) is 0 Å². The van der Waals surface area contributed by atoms with Gasteiger partial charge in [-0.3, -0.25) is 4.79 Å². The zero-order valence-electron chi connectivity index (χ0n) is 16.1. The number of amides is 1. The predicted molar refractivity (Wildman–Crippen MR) is 105 cm³/mol. The number of fused-ring (bicyclic) bond motifs is 3. The van der Waals surface area contributed by atoms with E-state index in [-0.39, 0.29) is 17.6 Å². The van der Waals surface area contributed by atoms with Crippen LogP contribution < -0.4 is 15.2 Å². The van der Waals surface area contributed by atoms with Gasteiger partial charge in [0.15, 0.2) is 0 Å². The van der Waals surface area contributed by atoms with Crippen LogP contribution in [0.5, 0.6) is 11.5 Å². The molecule has 0 heterocycles. The maximum atomic E-state index is 12.9. The standard InChI is InChI=1S/C23H26FNO3/c1-15-21-7-6-20(28-11-10-27-19-4-2-18(24)3-5-19)13-17(21)12-16-8-9-23(15,14-16)22(25)26/h2-7,13,15-16H,8-12,14H2,1H3,(H2,25,26). The number of hydrogen-bond acceptors (Lipinski definition) is 3. The lowest BCUT2D eigenvalue weighted by Gasteiger charge is -2.32. The molecule has 148 valence electrons. The summed E-state index contributed by atoms with van der Waals surface area (Å²) in [6.07, 6.45) is 3.81. The minimum atomic E-state index is -0.401. The van der Waals surface area contributed by atoms with E-state index in [1.54, 1.807) is 12.1 Å². The molecule has 0 aromatic heterocycles. The van der Waals surface area contributed by atoms with Crippen LogP contribution >= 0.6 is 0 Å². The second-order valence-electron chi connectivity index (χ2n) is 8.07. The zero-order valence-corrected chi connectivity index (χ0v) is 16.1. The molecule has 1 saturated carbocycles. The van der Waals surface area contributed by atoms with E-state index in [1.807, 2.05) is 6.07 Å². The first-order chi connectivity index (χ1) is 13.5. The van der Waals surface area contributed by atoms with Crippen molar-refractivity contribution in [2.75, 3.05) is 13.2 Å². The van der Waals surface area contributed by atoms with Crippen LogP contribution in [0.4, 0.5) is 4.39 Å². The maximum Gasteiger partial charge on any atom is 0.224 e. The fraction of sp³-hybridized carbons (Fsp3) is 0.435. The van der Waals surface area contributed by atoms with E-state index in [0.717, 1.165) is 31.4 Å². The van der Waals surface area contributed by atoms with Crippen LogP contribution in [0.25, 0.3) is 0 Å².